The fourth-order valence-corrected chi connectivity index (χ4v) is 7.10. The normalized spacial score (nSPS) is 25.3. The number of benzene rings is 2. The summed E-state index contributed by atoms with van der Waals surface area (Å²) in [5.41, 5.74) is 5.46. The Morgan fingerprint density at radius 3 is 2.52 bits per heavy atom. The van der Waals surface area contributed by atoms with Crippen molar-refractivity contribution < 1.29 is 21.6 Å². The summed E-state index contributed by atoms with van der Waals surface area (Å²) < 4.78 is 74.7. The molecule has 0 bridgehead atoms. The van der Waals surface area contributed by atoms with Crippen molar-refractivity contribution in [2.45, 2.75) is 36.2 Å². The van der Waals surface area contributed by atoms with E-state index in [1.165, 1.54) is 6.07 Å². The van der Waals surface area contributed by atoms with Crippen molar-refractivity contribution in [1.29, 1.82) is 0 Å². The maximum Gasteiger partial charge on any atom is 0.246 e. The molecule has 3 aliphatic heterocycles. The number of rotatable bonds is 5. The van der Waals surface area contributed by atoms with E-state index in [0.717, 1.165) is 37.2 Å². The molecule has 3 heterocycles. The highest BCUT2D eigenvalue weighted by atomic mass is 32.3. The van der Waals surface area contributed by atoms with Crippen LogP contribution in [0.1, 0.15) is 24.9 Å². The number of halogens is 3. The Morgan fingerprint density at radius 1 is 1.06 bits per heavy atom. The number of sulfonamides is 1. The van der Waals surface area contributed by atoms with Crippen molar-refractivity contribution in [2.24, 2.45) is 0 Å². The first-order valence-electron chi connectivity index (χ1n) is 10.5. The number of hydrogen-bond acceptors (Lipinski definition) is 8. The molecule has 0 saturated carbocycles. The van der Waals surface area contributed by atoms with E-state index < -0.39 is 37.7 Å². The van der Waals surface area contributed by atoms with E-state index in [-0.39, 0.29) is 35.1 Å². The maximum absolute atomic E-state index is 15.4. The summed E-state index contributed by atoms with van der Waals surface area (Å²) in [6.45, 7) is 3.38. The fourth-order valence-electron chi connectivity index (χ4n) is 4.28. The molecule has 33 heavy (non-hydrogen) atoms. The standard InChI is InChI=1S/C20H23F3N6O2S2/c1-9-6-15(32-28-9)33(30,31)29-14-8-10(21)7-13(16(14)22)11-2-3-12-18(17(11)23)26-27-19(12)20-24-4-5-25-20/h2-3,7-9,15,19-20,24-29H,4-6H2,1H3. The van der Waals surface area contributed by atoms with Gasteiger partial charge in [0.15, 0.2) is 11.6 Å². The average Bonchev–Trinajstić information content (AvgIpc) is 3.51. The Balaban J connectivity index is 1.49. The summed E-state index contributed by atoms with van der Waals surface area (Å²) in [7, 11) is -4.01. The van der Waals surface area contributed by atoms with Crippen LogP contribution in [0, 0.1) is 17.5 Å². The summed E-state index contributed by atoms with van der Waals surface area (Å²) in [6.07, 6.45) is 0.204. The van der Waals surface area contributed by atoms with Crippen LogP contribution >= 0.6 is 11.9 Å². The summed E-state index contributed by atoms with van der Waals surface area (Å²) in [5, 5.41) is 6.52. The molecule has 0 spiro atoms. The van der Waals surface area contributed by atoms with Gasteiger partial charge in [0.2, 0.25) is 10.0 Å². The van der Waals surface area contributed by atoms with Gasteiger partial charge in [-0.2, -0.15) is 0 Å². The van der Waals surface area contributed by atoms with Gasteiger partial charge in [0.25, 0.3) is 0 Å². The second kappa shape index (κ2) is 8.64. The molecular formula is C20H23F3N6O2S2. The Kier molecular flexibility index (Phi) is 5.95. The zero-order chi connectivity index (χ0) is 23.3. The van der Waals surface area contributed by atoms with Crippen LogP contribution in [0.5, 0.6) is 0 Å². The first kappa shape index (κ1) is 22.7. The van der Waals surface area contributed by atoms with Crippen LogP contribution < -0.4 is 30.9 Å². The Morgan fingerprint density at radius 2 is 1.82 bits per heavy atom. The summed E-state index contributed by atoms with van der Waals surface area (Å²) in [4.78, 5) is 0. The molecule has 2 aromatic carbocycles. The van der Waals surface area contributed by atoms with E-state index >= 15 is 8.78 Å². The molecule has 6 N–H and O–H groups in total. The van der Waals surface area contributed by atoms with Gasteiger partial charge in [0, 0.05) is 41.9 Å². The molecule has 178 valence electrons. The molecule has 5 rings (SSSR count). The van der Waals surface area contributed by atoms with E-state index in [1.54, 1.807) is 6.07 Å². The van der Waals surface area contributed by atoms with E-state index in [1.807, 2.05) is 6.92 Å². The lowest BCUT2D eigenvalue weighted by Gasteiger charge is -2.19. The van der Waals surface area contributed by atoms with Crippen molar-refractivity contribution in [3.05, 3.63) is 47.3 Å². The van der Waals surface area contributed by atoms with Gasteiger partial charge >= 0.3 is 0 Å². The van der Waals surface area contributed by atoms with Crippen molar-refractivity contribution in [2.75, 3.05) is 23.2 Å². The molecular weight excluding hydrogens is 477 g/mol. The highest BCUT2D eigenvalue weighted by Crippen LogP contribution is 2.40. The second-order valence-corrected chi connectivity index (χ2v) is 11.5. The van der Waals surface area contributed by atoms with Gasteiger partial charge in [-0.05, 0) is 19.4 Å². The number of nitrogens with one attached hydrogen (secondary N) is 6. The summed E-state index contributed by atoms with van der Waals surface area (Å²) in [5.74, 6) is -2.70. The molecule has 3 unspecified atom stereocenters. The maximum atomic E-state index is 15.4. The van der Waals surface area contributed by atoms with Crippen molar-refractivity contribution in [1.82, 2.24) is 20.8 Å². The third-order valence-corrected chi connectivity index (χ3v) is 9.35. The van der Waals surface area contributed by atoms with Gasteiger partial charge in [-0.1, -0.05) is 24.1 Å². The average molecular weight is 501 g/mol. The first-order valence-corrected chi connectivity index (χ1v) is 12.9. The van der Waals surface area contributed by atoms with Crippen LogP contribution in [0.15, 0.2) is 24.3 Å². The minimum Gasteiger partial charge on any atom is -0.318 e. The monoisotopic (exact) mass is 500 g/mol. The second-order valence-electron chi connectivity index (χ2n) is 8.29. The molecule has 2 saturated heterocycles. The molecule has 8 nitrogen and oxygen atoms in total. The zero-order valence-electron chi connectivity index (χ0n) is 17.5. The molecule has 2 fully saturated rings. The number of fused-ring (bicyclic) bond motifs is 1. The van der Waals surface area contributed by atoms with Crippen LogP contribution in [0.3, 0.4) is 0 Å². The van der Waals surface area contributed by atoms with Crippen LogP contribution in [0.2, 0.25) is 0 Å². The number of hydrogen-bond donors (Lipinski definition) is 6. The predicted octanol–water partition coefficient (Wildman–Crippen LogP) is 2.36. The van der Waals surface area contributed by atoms with Crippen molar-refractivity contribution >= 4 is 33.3 Å². The quantitative estimate of drug-likeness (QED) is 0.348. The third kappa shape index (κ3) is 4.17. The van der Waals surface area contributed by atoms with Gasteiger partial charge in [-0.15, -0.1) is 0 Å². The largest absolute Gasteiger partial charge is 0.318 e. The van der Waals surface area contributed by atoms with Crippen LogP contribution in [0.4, 0.5) is 24.5 Å². The topological polar surface area (TPSA) is 106 Å². The number of anilines is 2. The molecule has 2 aromatic rings. The van der Waals surface area contributed by atoms with E-state index in [0.29, 0.717) is 12.0 Å². The molecule has 0 amide bonds. The van der Waals surface area contributed by atoms with Gasteiger partial charge in [0.1, 0.15) is 10.4 Å². The van der Waals surface area contributed by atoms with Crippen LogP contribution in [-0.2, 0) is 10.0 Å². The lowest BCUT2D eigenvalue weighted by molar-refractivity contribution is 0.423. The molecule has 0 aromatic heterocycles. The Bertz CT molecular complexity index is 1190. The SMILES string of the molecule is CC1CC(S(=O)(=O)Nc2cc(F)cc(-c3ccc4c(c3F)NNC4C3NCCN3)c2F)SN1. The van der Waals surface area contributed by atoms with Crippen LogP contribution in [-0.4, -0.2) is 38.3 Å². The van der Waals surface area contributed by atoms with Gasteiger partial charge in [-0.25, -0.2) is 27.0 Å². The molecule has 13 heteroatoms. The Hall–Kier alpha value is -2.03. The molecule has 0 aliphatic carbocycles. The minimum atomic E-state index is -4.01. The molecule has 0 radical (unpaired) electrons. The first-order chi connectivity index (χ1) is 15.7. The Labute approximate surface area is 193 Å². The van der Waals surface area contributed by atoms with Gasteiger partial charge in [-0.3, -0.25) is 20.1 Å². The van der Waals surface area contributed by atoms with Crippen LogP contribution in [0.25, 0.3) is 11.1 Å². The third-order valence-electron chi connectivity index (χ3n) is 5.92. The summed E-state index contributed by atoms with van der Waals surface area (Å²) in [6, 6.07) is 4.33. The molecule has 3 aliphatic rings. The lowest BCUT2D eigenvalue weighted by atomic mass is 9.97. The minimum absolute atomic E-state index is 0.0374. The predicted molar refractivity (Wildman–Crippen MR) is 122 cm³/mol. The van der Waals surface area contributed by atoms with E-state index in [2.05, 4.69) is 30.9 Å². The fraction of sp³-hybridized carbons (Fsp3) is 0.400. The molecule has 3 atom stereocenters. The van der Waals surface area contributed by atoms with E-state index in [9.17, 15) is 12.8 Å². The van der Waals surface area contributed by atoms with Crippen molar-refractivity contribution in [3.8, 4) is 11.1 Å². The zero-order valence-corrected chi connectivity index (χ0v) is 19.1. The highest BCUT2D eigenvalue weighted by Gasteiger charge is 2.36. The smallest absolute Gasteiger partial charge is 0.246 e. The number of hydrazine groups is 1. The van der Waals surface area contributed by atoms with Gasteiger partial charge < -0.3 is 5.43 Å². The van der Waals surface area contributed by atoms with E-state index in [4.69, 9.17) is 0 Å². The highest BCUT2D eigenvalue weighted by molar-refractivity contribution is 8.13. The van der Waals surface area contributed by atoms with Crippen molar-refractivity contribution in [3.63, 3.8) is 0 Å². The lowest BCUT2D eigenvalue weighted by Crippen LogP contribution is -2.42. The van der Waals surface area contributed by atoms with Gasteiger partial charge in [0.05, 0.1) is 23.6 Å². The summed E-state index contributed by atoms with van der Waals surface area (Å²) >= 11 is 1.01.